The molecule has 0 saturated carbocycles. The van der Waals surface area contributed by atoms with Gasteiger partial charge < -0.3 is 10.1 Å². The first-order chi connectivity index (χ1) is 7.72. The molecule has 2 heterocycles. The molecule has 0 radical (unpaired) electrons. The van der Waals surface area contributed by atoms with Crippen LogP contribution in [0.15, 0.2) is 6.20 Å². The van der Waals surface area contributed by atoms with E-state index in [1.807, 2.05) is 13.2 Å². The van der Waals surface area contributed by atoms with Crippen LogP contribution in [0.5, 0.6) is 0 Å². The summed E-state index contributed by atoms with van der Waals surface area (Å²) in [7, 11) is 3.21. The van der Waals surface area contributed by atoms with Crippen LogP contribution in [-0.4, -0.2) is 35.9 Å². The number of carbonyl (C=O) groups is 1. The first kappa shape index (κ1) is 11.1. The Kier molecular flexibility index (Phi) is 3.24. The van der Waals surface area contributed by atoms with E-state index in [4.69, 9.17) is 4.74 Å². The molecule has 1 fully saturated rings. The minimum Gasteiger partial charge on any atom is -0.464 e. The van der Waals surface area contributed by atoms with E-state index in [-0.39, 0.29) is 5.97 Å². The standard InChI is InChI=1S/C11H17N3O2/c1-14-7-9(8-4-3-5-12-6-8)10(13-14)11(15)16-2/h7-8,12H,3-6H2,1-2H3. The van der Waals surface area contributed by atoms with Gasteiger partial charge >= 0.3 is 5.97 Å². The molecule has 1 aliphatic rings. The van der Waals surface area contributed by atoms with Crippen LogP contribution >= 0.6 is 0 Å². The normalized spacial score (nSPS) is 20.8. The number of nitrogens with one attached hydrogen (secondary N) is 1. The van der Waals surface area contributed by atoms with Crippen LogP contribution in [0, 0.1) is 0 Å². The van der Waals surface area contributed by atoms with Crippen molar-refractivity contribution in [2.45, 2.75) is 18.8 Å². The molecule has 5 heteroatoms. The van der Waals surface area contributed by atoms with Crippen molar-refractivity contribution in [2.24, 2.45) is 7.05 Å². The molecule has 0 bridgehead atoms. The summed E-state index contributed by atoms with van der Waals surface area (Å²) in [6.45, 7) is 1.97. The van der Waals surface area contributed by atoms with Crippen molar-refractivity contribution in [1.29, 1.82) is 0 Å². The van der Waals surface area contributed by atoms with Gasteiger partial charge in [-0.05, 0) is 19.4 Å². The van der Waals surface area contributed by atoms with Gasteiger partial charge in [0.1, 0.15) is 0 Å². The molecule has 0 aliphatic carbocycles. The van der Waals surface area contributed by atoms with Crippen molar-refractivity contribution in [1.82, 2.24) is 15.1 Å². The predicted octanol–water partition coefficient (Wildman–Crippen LogP) is 0.674. The lowest BCUT2D eigenvalue weighted by atomic mass is 9.92. The van der Waals surface area contributed by atoms with Crippen LogP contribution in [0.4, 0.5) is 0 Å². The summed E-state index contributed by atoms with van der Waals surface area (Å²) >= 11 is 0. The Balaban J connectivity index is 2.27. The zero-order valence-electron chi connectivity index (χ0n) is 9.69. The highest BCUT2D eigenvalue weighted by Crippen LogP contribution is 2.25. The van der Waals surface area contributed by atoms with Gasteiger partial charge in [-0.25, -0.2) is 4.79 Å². The number of piperidine rings is 1. The largest absolute Gasteiger partial charge is 0.464 e. The van der Waals surface area contributed by atoms with E-state index >= 15 is 0 Å². The molecule has 1 atom stereocenters. The molecular formula is C11H17N3O2. The third-order valence-corrected chi connectivity index (χ3v) is 2.97. The number of hydrogen-bond acceptors (Lipinski definition) is 4. The Labute approximate surface area is 94.8 Å². The first-order valence-corrected chi connectivity index (χ1v) is 5.55. The molecule has 1 aromatic heterocycles. The lowest BCUT2D eigenvalue weighted by molar-refractivity contribution is 0.0591. The molecular weight excluding hydrogens is 206 g/mol. The number of methoxy groups -OCH3 is 1. The number of esters is 1. The van der Waals surface area contributed by atoms with Crippen LogP contribution in [-0.2, 0) is 11.8 Å². The number of nitrogens with zero attached hydrogens (tertiary/aromatic N) is 2. The maximum absolute atomic E-state index is 11.6. The zero-order chi connectivity index (χ0) is 11.5. The van der Waals surface area contributed by atoms with Crippen LogP contribution in [0.3, 0.4) is 0 Å². The molecule has 0 aromatic carbocycles. The Hall–Kier alpha value is -1.36. The number of aryl methyl sites for hydroxylation is 1. The number of ether oxygens (including phenoxy) is 1. The SMILES string of the molecule is COC(=O)c1nn(C)cc1C1CCCNC1. The smallest absolute Gasteiger partial charge is 0.358 e. The Morgan fingerprint density at radius 1 is 1.69 bits per heavy atom. The Bertz CT molecular complexity index is 381. The summed E-state index contributed by atoms with van der Waals surface area (Å²) in [6, 6.07) is 0. The Morgan fingerprint density at radius 2 is 2.50 bits per heavy atom. The van der Waals surface area contributed by atoms with Crippen molar-refractivity contribution in [3.63, 3.8) is 0 Å². The molecule has 0 spiro atoms. The minimum absolute atomic E-state index is 0.346. The quantitative estimate of drug-likeness (QED) is 0.749. The molecule has 1 aromatic rings. The van der Waals surface area contributed by atoms with E-state index in [0.717, 1.165) is 31.5 Å². The second kappa shape index (κ2) is 4.65. The van der Waals surface area contributed by atoms with Crippen LogP contribution < -0.4 is 5.32 Å². The maximum Gasteiger partial charge on any atom is 0.358 e. The molecule has 0 amide bonds. The first-order valence-electron chi connectivity index (χ1n) is 5.55. The monoisotopic (exact) mass is 223 g/mol. The lowest BCUT2D eigenvalue weighted by Gasteiger charge is -2.22. The second-order valence-electron chi connectivity index (χ2n) is 4.14. The van der Waals surface area contributed by atoms with E-state index in [0.29, 0.717) is 11.6 Å². The van der Waals surface area contributed by atoms with Gasteiger partial charge in [-0.3, -0.25) is 4.68 Å². The van der Waals surface area contributed by atoms with Gasteiger partial charge in [0, 0.05) is 31.3 Å². The number of hydrogen-bond donors (Lipinski definition) is 1. The summed E-state index contributed by atoms with van der Waals surface area (Å²) in [5.41, 5.74) is 1.46. The number of aromatic nitrogens is 2. The van der Waals surface area contributed by atoms with Crippen molar-refractivity contribution in [3.8, 4) is 0 Å². The number of rotatable bonds is 2. The van der Waals surface area contributed by atoms with E-state index in [2.05, 4.69) is 10.4 Å². The number of carbonyl (C=O) groups excluding carboxylic acids is 1. The van der Waals surface area contributed by atoms with Gasteiger partial charge in [0.25, 0.3) is 0 Å². The summed E-state index contributed by atoms with van der Waals surface area (Å²) in [5.74, 6) is 0.0257. The molecule has 1 unspecified atom stereocenters. The van der Waals surface area contributed by atoms with E-state index in [9.17, 15) is 4.79 Å². The van der Waals surface area contributed by atoms with Crippen LogP contribution in [0.25, 0.3) is 0 Å². The fourth-order valence-electron chi connectivity index (χ4n) is 2.18. The summed E-state index contributed by atoms with van der Waals surface area (Å²) in [4.78, 5) is 11.6. The van der Waals surface area contributed by atoms with E-state index < -0.39 is 0 Å². The zero-order valence-corrected chi connectivity index (χ0v) is 9.69. The van der Waals surface area contributed by atoms with Gasteiger partial charge in [0.15, 0.2) is 5.69 Å². The average molecular weight is 223 g/mol. The topological polar surface area (TPSA) is 56.1 Å². The molecule has 1 N–H and O–H groups in total. The van der Waals surface area contributed by atoms with Gasteiger partial charge in [-0.15, -0.1) is 0 Å². The third-order valence-electron chi connectivity index (χ3n) is 2.97. The van der Waals surface area contributed by atoms with E-state index in [1.165, 1.54) is 7.11 Å². The lowest BCUT2D eigenvalue weighted by Crippen LogP contribution is -2.29. The van der Waals surface area contributed by atoms with Crippen molar-refractivity contribution in [3.05, 3.63) is 17.5 Å². The summed E-state index contributed by atoms with van der Waals surface area (Å²) in [6.07, 6.45) is 4.16. The molecule has 5 nitrogen and oxygen atoms in total. The van der Waals surface area contributed by atoms with Gasteiger partial charge in [-0.2, -0.15) is 5.10 Å². The van der Waals surface area contributed by atoms with E-state index in [1.54, 1.807) is 4.68 Å². The molecule has 88 valence electrons. The highest BCUT2D eigenvalue weighted by molar-refractivity contribution is 5.88. The van der Waals surface area contributed by atoms with Crippen LogP contribution in [0.1, 0.15) is 34.8 Å². The van der Waals surface area contributed by atoms with Gasteiger partial charge in [-0.1, -0.05) is 0 Å². The molecule has 16 heavy (non-hydrogen) atoms. The molecule has 1 saturated heterocycles. The van der Waals surface area contributed by atoms with Crippen molar-refractivity contribution < 1.29 is 9.53 Å². The fraction of sp³-hybridized carbons (Fsp3) is 0.636. The fourth-order valence-corrected chi connectivity index (χ4v) is 2.18. The maximum atomic E-state index is 11.6. The molecule has 2 rings (SSSR count). The minimum atomic E-state index is -0.346. The predicted molar refractivity (Wildman–Crippen MR) is 59.4 cm³/mol. The van der Waals surface area contributed by atoms with Gasteiger partial charge in [0.05, 0.1) is 7.11 Å². The highest BCUT2D eigenvalue weighted by atomic mass is 16.5. The average Bonchev–Trinajstić information content (AvgIpc) is 2.71. The van der Waals surface area contributed by atoms with Crippen LogP contribution in [0.2, 0.25) is 0 Å². The summed E-state index contributed by atoms with van der Waals surface area (Å²) < 4.78 is 6.42. The van der Waals surface area contributed by atoms with Gasteiger partial charge in [0.2, 0.25) is 0 Å². The highest BCUT2D eigenvalue weighted by Gasteiger charge is 2.24. The second-order valence-corrected chi connectivity index (χ2v) is 4.14. The Morgan fingerprint density at radius 3 is 3.12 bits per heavy atom. The van der Waals surface area contributed by atoms with Crippen molar-refractivity contribution in [2.75, 3.05) is 20.2 Å². The summed E-state index contributed by atoms with van der Waals surface area (Å²) in [5, 5.41) is 7.51. The molecule has 1 aliphatic heterocycles. The van der Waals surface area contributed by atoms with Crippen molar-refractivity contribution >= 4 is 5.97 Å². The third kappa shape index (κ3) is 2.09.